The fraction of sp³-hybridized carbons (Fsp3) is 0.385. The zero-order valence-corrected chi connectivity index (χ0v) is 20.6. The SMILES string of the molecule is CC(C)C(=C/N)/C=C(\N)Nc1ccc2ncc(/C(C=N)=C/NCCC(=O)N3CCCCC3)cc2n1. The molecule has 0 unspecified atom stereocenters. The van der Waals surface area contributed by atoms with Crippen molar-refractivity contribution in [2.24, 2.45) is 17.4 Å². The Balaban J connectivity index is 1.67. The summed E-state index contributed by atoms with van der Waals surface area (Å²) in [7, 11) is 0. The maximum absolute atomic E-state index is 12.3. The number of carbonyl (C=O) groups excluding carboxylic acids is 1. The Hall–Kier alpha value is -3.88. The summed E-state index contributed by atoms with van der Waals surface area (Å²) in [5.41, 5.74) is 15.5. The van der Waals surface area contributed by atoms with Gasteiger partial charge in [-0.15, -0.1) is 0 Å². The van der Waals surface area contributed by atoms with Crippen LogP contribution in [0.2, 0.25) is 0 Å². The van der Waals surface area contributed by atoms with Crippen LogP contribution in [0.5, 0.6) is 0 Å². The molecule has 0 aromatic carbocycles. The molecular weight excluding hydrogens is 440 g/mol. The van der Waals surface area contributed by atoms with E-state index in [9.17, 15) is 4.79 Å². The summed E-state index contributed by atoms with van der Waals surface area (Å²) in [4.78, 5) is 23.4. The van der Waals surface area contributed by atoms with E-state index in [1.807, 2.05) is 36.9 Å². The molecule has 2 aromatic heterocycles. The molecule has 0 saturated carbocycles. The lowest BCUT2D eigenvalue weighted by atomic mass is 10.0. The van der Waals surface area contributed by atoms with E-state index in [1.165, 1.54) is 12.6 Å². The number of allylic oxidation sites excluding steroid dienone is 3. The molecule has 0 radical (unpaired) electrons. The van der Waals surface area contributed by atoms with Crippen molar-refractivity contribution in [3.05, 3.63) is 59.8 Å². The number of nitrogens with zero attached hydrogens (tertiary/aromatic N) is 3. The average Bonchev–Trinajstić information content (AvgIpc) is 2.87. The third-order valence-electron chi connectivity index (χ3n) is 5.93. The first-order chi connectivity index (χ1) is 16.9. The Bertz CT molecular complexity index is 1130. The first-order valence-electron chi connectivity index (χ1n) is 12.1. The normalized spacial score (nSPS) is 15.4. The van der Waals surface area contributed by atoms with E-state index in [0.29, 0.717) is 35.7 Å². The summed E-state index contributed by atoms with van der Waals surface area (Å²) in [5.74, 6) is 1.45. The summed E-state index contributed by atoms with van der Waals surface area (Å²) in [6, 6.07) is 5.55. The van der Waals surface area contributed by atoms with Gasteiger partial charge < -0.3 is 32.4 Å². The highest BCUT2D eigenvalue weighted by molar-refractivity contribution is 6.08. The van der Waals surface area contributed by atoms with Crippen molar-refractivity contribution >= 4 is 34.5 Å². The quantitative estimate of drug-likeness (QED) is 0.201. The van der Waals surface area contributed by atoms with E-state index in [0.717, 1.165) is 42.6 Å². The average molecular weight is 477 g/mol. The Morgan fingerprint density at radius 1 is 1.23 bits per heavy atom. The number of piperidine rings is 1. The van der Waals surface area contributed by atoms with Gasteiger partial charge in [-0.05, 0) is 61.2 Å². The Labute approximate surface area is 206 Å². The lowest BCUT2D eigenvalue weighted by Gasteiger charge is -2.26. The first-order valence-corrected chi connectivity index (χ1v) is 12.1. The van der Waals surface area contributed by atoms with Crippen molar-refractivity contribution in [1.82, 2.24) is 20.2 Å². The molecule has 1 aliphatic heterocycles. The van der Waals surface area contributed by atoms with Gasteiger partial charge in [-0.25, -0.2) is 4.98 Å². The van der Waals surface area contributed by atoms with Gasteiger partial charge in [-0.2, -0.15) is 0 Å². The van der Waals surface area contributed by atoms with Gasteiger partial charge in [0.15, 0.2) is 0 Å². The van der Waals surface area contributed by atoms with E-state index in [4.69, 9.17) is 16.9 Å². The second-order valence-corrected chi connectivity index (χ2v) is 8.89. The van der Waals surface area contributed by atoms with Crippen LogP contribution >= 0.6 is 0 Å². The number of hydrogen-bond acceptors (Lipinski definition) is 8. The summed E-state index contributed by atoms with van der Waals surface area (Å²) in [6.07, 6.45) is 11.9. The number of nitrogens with one attached hydrogen (secondary N) is 3. The van der Waals surface area contributed by atoms with Crippen molar-refractivity contribution in [1.29, 1.82) is 5.41 Å². The number of fused-ring (bicyclic) bond motifs is 1. The molecule has 0 aliphatic carbocycles. The number of carbonyl (C=O) groups is 1. The molecule has 2 aromatic rings. The first kappa shape index (κ1) is 25.7. The second kappa shape index (κ2) is 12.5. The van der Waals surface area contributed by atoms with Gasteiger partial charge in [0.2, 0.25) is 5.91 Å². The molecule has 0 spiro atoms. The number of nitrogens with two attached hydrogens (primary N) is 2. The fourth-order valence-electron chi connectivity index (χ4n) is 3.88. The molecule has 1 fully saturated rings. The standard InChI is InChI=1S/C26H36N8O/c1-18(2)19(14-27)13-24(29)33-25-7-6-22-23(32-25)12-20(17-31-22)21(15-28)16-30-9-8-26(35)34-10-4-3-5-11-34/h6-7,12-18,28,30H,3-5,8-11,27,29H2,1-2H3,(H,32,33)/b19-14+,21-16+,24-13+,28-15?. The van der Waals surface area contributed by atoms with Crippen LogP contribution < -0.4 is 22.1 Å². The molecule has 1 aliphatic rings. The highest BCUT2D eigenvalue weighted by atomic mass is 16.2. The zero-order chi connectivity index (χ0) is 25.2. The minimum absolute atomic E-state index is 0.175. The van der Waals surface area contributed by atoms with E-state index < -0.39 is 0 Å². The second-order valence-electron chi connectivity index (χ2n) is 8.89. The van der Waals surface area contributed by atoms with Crippen LogP contribution in [0.15, 0.2) is 54.3 Å². The molecule has 3 rings (SSSR count). The minimum atomic E-state index is 0.175. The molecule has 0 bridgehead atoms. The number of pyridine rings is 2. The number of anilines is 1. The molecule has 0 atom stereocenters. The van der Waals surface area contributed by atoms with Crippen molar-refractivity contribution < 1.29 is 4.79 Å². The largest absolute Gasteiger partial charge is 0.404 e. The van der Waals surface area contributed by atoms with Crippen LogP contribution in [0.1, 0.15) is 45.1 Å². The summed E-state index contributed by atoms with van der Waals surface area (Å²) in [6.45, 7) is 6.31. The monoisotopic (exact) mass is 476 g/mol. The van der Waals surface area contributed by atoms with Crippen LogP contribution in [0, 0.1) is 11.3 Å². The molecular formula is C26H36N8O. The van der Waals surface area contributed by atoms with Gasteiger partial charge in [0.1, 0.15) is 11.6 Å². The molecule has 1 amide bonds. The van der Waals surface area contributed by atoms with E-state index in [1.54, 1.807) is 24.7 Å². The van der Waals surface area contributed by atoms with Crippen molar-refractivity contribution in [2.45, 2.75) is 39.5 Å². The zero-order valence-electron chi connectivity index (χ0n) is 20.6. The number of rotatable bonds is 10. The molecule has 186 valence electrons. The molecule has 9 nitrogen and oxygen atoms in total. The van der Waals surface area contributed by atoms with E-state index in [-0.39, 0.29) is 11.8 Å². The molecule has 7 N–H and O–H groups in total. The number of likely N-dealkylation sites (tertiary alicyclic amines) is 1. The Morgan fingerprint density at radius 3 is 2.69 bits per heavy atom. The predicted molar refractivity (Wildman–Crippen MR) is 142 cm³/mol. The van der Waals surface area contributed by atoms with Crippen LogP contribution in [0.3, 0.4) is 0 Å². The number of aromatic nitrogens is 2. The van der Waals surface area contributed by atoms with Crippen LogP contribution in [0.25, 0.3) is 16.6 Å². The topological polar surface area (TPSA) is 146 Å². The highest BCUT2D eigenvalue weighted by Crippen LogP contribution is 2.19. The van der Waals surface area contributed by atoms with Crippen molar-refractivity contribution in [3.63, 3.8) is 0 Å². The van der Waals surface area contributed by atoms with Gasteiger partial charge >= 0.3 is 0 Å². The van der Waals surface area contributed by atoms with Crippen LogP contribution in [0.4, 0.5) is 5.82 Å². The molecule has 1 saturated heterocycles. The molecule has 35 heavy (non-hydrogen) atoms. The van der Waals surface area contributed by atoms with Crippen LogP contribution in [-0.2, 0) is 4.79 Å². The predicted octanol–water partition coefficient (Wildman–Crippen LogP) is 3.32. The number of hydrogen-bond donors (Lipinski definition) is 5. The fourth-order valence-corrected chi connectivity index (χ4v) is 3.88. The Morgan fingerprint density at radius 2 is 2.00 bits per heavy atom. The van der Waals surface area contributed by atoms with Crippen molar-refractivity contribution in [3.8, 4) is 0 Å². The maximum Gasteiger partial charge on any atom is 0.224 e. The Kier molecular flexibility index (Phi) is 9.23. The van der Waals surface area contributed by atoms with Gasteiger partial charge in [-0.1, -0.05) is 13.8 Å². The minimum Gasteiger partial charge on any atom is -0.404 e. The molecule has 9 heteroatoms. The van der Waals surface area contributed by atoms with Gasteiger partial charge in [-0.3, -0.25) is 9.78 Å². The lowest BCUT2D eigenvalue weighted by molar-refractivity contribution is -0.131. The van der Waals surface area contributed by atoms with E-state index >= 15 is 0 Å². The molecule has 3 heterocycles. The highest BCUT2D eigenvalue weighted by Gasteiger charge is 2.15. The van der Waals surface area contributed by atoms with Crippen LogP contribution in [-0.4, -0.2) is 46.6 Å². The third-order valence-corrected chi connectivity index (χ3v) is 5.93. The number of amides is 1. The lowest BCUT2D eigenvalue weighted by Crippen LogP contribution is -2.36. The van der Waals surface area contributed by atoms with Gasteiger partial charge in [0.25, 0.3) is 0 Å². The maximum atomic E-state index is 12.3. The van der Waals surface area contributed by atoms with E-state index in [2.05, 4.69) is 20.6 Å². The summed E-state index contributed by atoms with van der Waals surface area (Å²) < 4.78 is 0. The summed E-state index contributed by atoms with van der Waals surface area (Å²) in [5, 5.41) is 14.1. The third kappa shape index (κ3) is 7.30. The van der Waals surface area contributed by atoms with Crippen molar-refractivity contribution in [2.75, 3.05) is 25.0 Å². The smallest absolute Gasteiger partial charge is 0.224 e. The van der Waals surface area contributed by atoms with Gasteiger partial charge in [0, 0.05) is 55.8 Å². The summed E-state index contributed by atoms with van der Waals surface area (Å²) >= 11 is 0. The van der Waals surface area contributed by atoms with Gasteiger partial charge in [0.05, 0.1) is 11.0 Å².